The monoisotopic (exact) mass is 1030 g/mol. The van der Waals surface area contributed by atoms with Gasteiger partial charge in [-0.2, -0.15) is 0 Å². The summed E-state index contributed by atoms with van der Waals surface area (Å²) in [4.78, 5) is 0. The van der Waals surface area contributed by atoms with Gasteiger partial charge in [-0.3, -0.25) is 0 Å². The molecule has 0 amide bonds. The van der Waals surface area contributed by atoms with E-state index in [1.54, 1.807) is 0 Å². The van der Waals surface area contributed by atoms with E-state index < -0.39 is 0 Å². The van der Waals surface area contributed by atoms with Crippen LogP contribution < -0.4 is 0 Å². The largest absolute Gasteiger partial charge is 0.0616 e. The van der Waals surface area contributed by atoms with Gasteiger partial charge in [0.25, 0.3) is 0 Å². The molecular formula is C80H70. The fourth-order valence-corrected chi connectivity index (χ4v) is 12.0. The smallest absolute Gasteiger partial charge is 0.0146 e. The van der Waals surface area contributed by atoms with Crippen LogP contribution in [0.5, 0.6) is 0 Å². The minimum absolute atomic E-state index is 1.32. The van der Waals surface area contributed by atoms with E-state index in [2.05, 4.69) is 312 Å². The standard InChI is InChI=1S/5C16H14/c1-11-5-3-7-13-10-16-12(2)6-4-8-14(16)9-15(11)13;2*1-11-6-5-9-15-12(2)14-8-4-3-7-13(14)10-16(11)15;1-11-6-7-13-10-16-12(2)4-3-5-14(16)9-15(13)8-11;1-11-7-12(2)16-10-14-6-4-3-5-13(14)9-15(16)8-11/h5*3-10H,1-2H3. The molecule has 80 heavy (non-hydrogen) atoms. The Hall–Kier alpha value is -9.10. The molecule has 0 heteroatoms. The summed E-state index contributed by atoms with van der Waals surface area (Å²) in [5.74, 6) is 0. The third kappa shape index (κ3) is 10.9. The summed E-state index contributed by atoms with van der Waals surface area (Å²) in [6.07, 6.45) is 0. The predicted molar refractivity (Wildman–Crippen MR) is 355 cm³/mol. The molecule has 0 saturated carbocycles. The Bertz CT molecular complexity index is 4600. The van der Waals surface area contributed by atoms with Gasteiger partial charge >= 0.3 is 0 Å². The van der Waals surface area contributed by atoms with Crippen LogP contribution in [0.2, 0.25) is 0 Å². The van der Waals surface area contributed by atoms with Gasteiger partial charge in [0.05, 0.1) is 0 Å². The van der Waals surface area contributed by atoms with Crippen molar-refractivity contribution in [3.05, 3.63) is 298 Å². The number of hydrogen-bond acceptors (Lipinski definition) is 0. The lowest BCUT2D eigenvalue weighted by atomic mass is 9.95. The number of hydrogen-bond donors (Lipinski definition) is 0. The molecule has 15 aromatic carbocycles. The maximum atomic E-state index is 2.30. The molecule has 390 valence electrons. The van der Waals surface area contributed by atoms with Crippen LogP contribution in [0.15, 0.2) is 243 Å². The summed E-state index contributed by atoms with van der Waals surface area (Å²) in [6, 6.07) is 87.7. The van der Waals surface area contributed by atoms with Gasteiger partial charge < -0.3 is 0 Å². The highest BCUT2D eigenvalue weighted by Gasteiger charge is 2.08. The third-order valence-electron chi connectivity index (χ3n) is 16.5. The van der Waals surface area contributed by atoms with Gasteiger partial charge in [-0.1, -0.05) is 205 Å². The molecule has 0 unspecified atom stereocenters. The molecule has 0 spiro atoms. The molecule has 0 radical (unpaired) electrons. The van der Waals surface area contributed by atoms with Crippen LogP contribution in [0.4, 0.5) is 0 Å². The zero-order valence-electron chi connectivity index (χ0n) is 48.1. The minimum Gasteiger partial charge on any atom is -0.0616 e. The summed E-state index contributed by atoms with van der Waals surface area (Å²) < 4.78 is 0. The van der Waals surface area contributed by atoms with Gasteiger partial charge in [-0.15, -0.1) is 0 Å². The maximum Gasteiger partial charge on any atom is -0.0146 e. The van der Waals surface area contributed by atoms with Crippen molar-refractivity contribution < 1.29 is 0 Å². The van der Waals surface area contributed by atoms with E-state index in [1.807, 2.05) is 0 Å². The SMILES string of the molecule is Cc1cc(C)c2cc3ccccc3cc2c1.Cc1ccc2cc3c(C)cccc3cc2c1.Cc1cccc2c(C)c3ccccc3cc12.Cc1cccc2c(C)c3ccccc3cc12.Cc1cccc2cc3c(C)cccc3cc12. The first-order chi connectivity index (χ1) is 38.8. The highest BCUT2D eigenvalue weighted by molar-refractivity contribution is 6.06. The Morgan fingerprint density at radius 3 is 0.938 bits per heavy atom. The van der Waals surface area contributed by atoms with Crippen LogP contribution in [0, 0.1) is 69.2 Å². The molecule has 0 aliphatic rings. The van der Waals surface area contributed by atoms with Crippen molar-refractivity contribution in [2.45, 2.75) is 69.2 Å². The fourth-order valence-electron chi connectivity index (χ4n) is 12.0. The first-order valence-electron chi connectivity index (χ1n) is 28.2. The Kier molecular flexibility index (Phi) is 15.0. The van der Waals surface area contributed by atoms with Crippen LogP contribution in [-0.2, 0) is 0 Å². The minimum atomic E-state index is 1.32. The second-order valence-electron chi connectivity index (χ2n) is 22.2. The lowest BCUT2D eigenvalue weighted by Gasteiger charge is -2.09. The lowest BCUT2D eigenvalue weighted by Crippen LogP contribution is -1.84. The molecule has 0 bridgehead atoms. The van der Waals surface area contributed by atoms with Gasteiger partial charge in [0.1, 0.15) is 0 Å². The number of benzene rings is 15. The fraction of sp³-hybridized carbons (Fsp3) is 0.125. The Labute approximate surface area is 472 Å². The van der Waals surface area contributed by atoms with Crippen LogP contribution in [0.3, 0.4) is 0 Å². The molecule has 0 N–H and O–H groups in total. The van der Waals surface area contributed by atoms with E-state index in [4.69, 9.17) is 0 Å². The molecule has 0 aliphatic heterocycles. The summed E-state index contributed by atoms with van der Waals surface area (Å²) in [7, 11) is 0. The number of aryl methyl sites for hydroxylation is 10. The summed E-state index contributed by atoms with van der Waals surface area (Å²) in [6.45, 7) is 21.8. The quantitative estimate of drug-likeness (QED) is 0.133. The molecule has 15 rings (SSSR count). The van der Waals surface area contributed by atoms with Crippen molar-refractivity contribution in [2.24, 2.45) is 0 Å². The summed E-state index contributed by atoms with van der Waals surface area (Å²) >= 11 is 0. The zero-order chi connectivity index (χ0) is 55.6. The average molecular weight is 1030 g/mol. The zero-order valence-corrected chi connectivity index (χ0v) is 48.1. The van der Waals surface area contributed by atoms with Gasteiger partial charge in [-0.25, -0.2) is 0 Å². The van der Waals surface area contributed by atoms with Crippen LogP contribution in [-0.4, -0.2) is 0 Å². The number of rotatable bonds is 0. The summed E-state index contributed by atoms with van der Waals surface area (Å²) in [5.41, 5.74) is 13.5. The Morgan fingerprint density at radius 2 is 0.450 bits per heavy atom. The van der Waals surface area contributed by atoms with Gasteiger partial charge in [0, 0.05) is 0 Å². The molecular weight excluding hydrogens is 961 g/mol. The molecule has 0 saturated heterocycles. The molecule has 0 atom stereocenters. The normalized spacial score (nSPS) is 11.1. The second kappa shape index (κ2) is 22.7. The van der Waals surface area contributed by atoms with Crippen molar-refractivity contribution in [1.82, 2.24) is 0 Å². The average Bonchev–Trinajstić information content (AvgIpc) is 3.65. The van der Waals surface area contributed by atoms with Crippen molar-refractivity contribution >= 4 is 108 Å². The van der Waals surface area contributed by atoms with Gasteiger partial charge in [0.15, 0.2) is 0 Å². The predicted octanol–water partition coefficient (Wildman–Crippen LogP) is 23.0. The maximum absolute atomic E-state index is 2.30. The topological polar surface area (TPSA) is 0 Å². The molecule has 0 aliphatic carbocycles. The van der Waals surface area contributed by atoms with E-state index in [1.165, 1.54) is 163 Å². The molecule has 0 aromatic heterocycles. The Balaban J connectivity index is 0.000000105. The van der Waals surface area contributed by atoms with E-state index in [9.17, 15) is 0 Å². The van der Waals surface area contributed by atoms with Gasteiger partial charge in [-0.05, 0) is 270 Å². The van der Waals surface area contributed by atoms with Crippen LogP contribution >= 0.6 is 0 Å². The number of fused-ring (bicyclic) bond motifs is 10. The summed E-state index contributed by atoms with van der Waals surface area (Å²) in [5, 5.41) is 27.0. The van der Waals surface area contributed by atoms with Crippen molar-refractivity contribution in [3.63, 3.8) is 0 Å². The molecule has 0 heterocycles. The van der Waals surface area contributed by atoms with Crippen molar-refractivity contribution in [3.8, 4) is 0 Å². The first kappa shape index (κ1) is 52.9. The third-order valence-corrected chi connectivity index (χ3v) is 16.5. The van der Waals surface area contributed by atoms with E-state index in [0.29, 0.717) is 0 Å². The van der Waals surface area contributed by atoms with E-state index >= 15 is 0 Å². The molecule has 15 aromatic rings. The second-order valence-corrected chi connectivity index (χ2v) is 22.2. The van der Waals surface area contributed by atoms with E-state index in [0.717, 1.165) is 0 Å². The Morgan fingerprint density at radius 1 is 0.150 bits per heavy atom. The highest BCUT2D eigenvalue weighted by atomic mass is 14.1. The van der Waals surface area contributed by atoms with Crippen molar-refractivity contribution in [1.29, 1.82) is 0 Å². The lowest BCUT2D eigenvalue weighted by molar-refractivity contribution is 1.43. The highest BCUT2D eigenvalue weighted by Crippen LogP contribution is 2.33. The van der Waals surface area contributed by atoms with E-state index in [-0.39, 0.29) is 0 Å². The van der Waals surface area contributed by atoms with Crippen molar-refractivity contribution in [2.75, 3.05) is 0 Å². The molecule has 0 fully saturated rings. The molecule has 0 nitrogen and oxygen atoms in total. The first-order valence-corrected chi connectivity index (χ1v) is 28.2. The van der Waals surface area contributed by atoms with Gasteiger partial charge in [0.2, 0.25) is 0 Å². The van der Waals surface area contributed by atoms with Crippen LogP contribution in [0.1, 0.15) is 55.6 Å². The van der Waals surface area contributed by atoms with Crippen LogP contribution in [0.25, 0.3) is 108 Å².